The Kier molecular flexibility index (Phi) is 2.57. The minimum atomic E-state index is -0.621. The van der Waals surface area contributed by atoms with E-state index < -0.39 is 6.10 Å². The summed E-state index contributed by atoms with van der Waals surface area (Å²) in [5, 5.41) is 14.1. The van der Waals surface area contributed by atoms with Crippen molar-refractivity contribution < 1.29 is 5.11 Å². The zero-order chi connectivity index (χ0) is 11.8. The normalized spacial score (nSPS) is 18.2. The predicted molar refractivity (Wildman–Crippen MR) is 63.6 cm³/mol. The zero-order valence-electron chi connectivity index (χ0n) is 9.58. The van der Waals surface area contributed by atoms with Gasteiger partial charge >= 0.3 is 0 Å². The maximum absolute atomic E-state index is 9.68. The van der Waals surface area contributed by atoms with E-state index in [1.165, 1.54) is 19.3 Å². The predicted octanol–water partition coefficient (Wildman–Crippen LogP) is 0.989. The first-order valence-electron chi connectivity index (χ1n) is 6.02. The molecule has 2 aromatic heterocycles. The number of rotatable bonds is 3. The molecule has 17 heavy (non-hydrogen) atoms. The number of fused-ring (bicyclic) bond motifs is 1. The third-order valence-electron chi connectivity index (χ3n) is 3.46. The Morgan fingerprint density at radius 2 is 2.35 bits per heavy atom. The average molecular weight is 232 g/mol. The molecule has 1 saturated carbocycles. The van der Waals surface area contributed by atoms with Crippen LogP contribution in [0.1, 0.15) is 42.7 Å². The topological polar surface area (TPSA) is 76.4 Å². The number of hydrogen-bond acceptors (Lipinski definition) is 4. The van der Waals surface area contributed by atoms with Crippen LogP contribution in [-0.4, -0.2) is 26.2 Å². The number of pyridine rings is 1. The smallest absolute Gasteiger partial charge is 0.155 e. The van der Waals surface area contributed by atoms with Gasteiger partial charge in [-0.05, 0) is 30.5 Å². The lowest BCUT2D eigenvalue weighted by Crippen LogP contribution is -2.11. The second-order valence-electron chi connectivity index (χ2n) is 4.61. The third kappa shape index (κ3) is 1.81. The molecule has 0 saturated heterocycles. The second-order valence-corrected chi connectivity index (χ2v) is 4.61. The summed E-state index contributed by atoms with van der Waals surface area (Å²) in [6.07, 6.45) is 4.87. The Balaban J connectivity index is 1.98. The van der Waals surface area contributed by atoms with E-state index in [0.717, 1.165) is 17.0 Å². The van der Waals surface area contributed by atoms with Crippen LogP contribution < -0.4 is 5.73 Å². The summed E-state index contributed by atoms with van der Waals surface area (Å²) in [7, 11) is 0. The van der Waals surface area contributed by atoms with Crippen molar-refractivity contribution in [1.29, 1.82) is 0 Å². The third-order valence-corrected chi connectivity index (χ3v) is 3.46. The van der Waals surface area contributed by atoms with Gasteiger partial charge in [-0.2, -0.15) is 5.10 Å². The highest BCUT2D eigenvalue weighted by Crippen LogP contribution is 2.34. The van der Waals surface area contributed by atoms with Gasteiger partial charge < -0.3 is 10.8 Å². The van der Waals surface area contributed by atoms with Crippen LogP contribution in [0.5, 0.6) is 0 Å². The van der Waals surface area contributed by atoms with Crippen LogP contribution in [0.3, 0.4) is 0 Å². The number of nitrogens with two attached hydrogens (primary N) is 1. The van der Waals surface area contributed by atoms with Gasteiger partial charge in [-0.1, -0.05) is 6.42 Å². The summed E-state index contributed by atoms with van der Waals surface area (Å²) in [5.41, 5.74) is 7.03. The number of aliphatic hydroxyl groups excluding tert-OH is 1. The second kappa shape index (κ2) is 4.09. The molecule has 3 rings (SSSR count). The lowest BCUT2D eigenvalue weighted by Gasteiger charge is -2.21. The molecular weight excluding hydrogens is 216 g/mol. The van der Waals surface area contributed by atoms with E-state index in [4.69, 9.17) is 5.73 Å². The number of aliphatic hydroxyl groups is 1. The van der Waals surface area contributed by atoms with Crippen molar-refractivity contribution in [2.45, 2.75) is 31.3 Å². The molecule has 0 amide bonds. The lowest BCUT2D eigenvalue weighted by atomic mass is 9.85. The molecule has 0 aromatic carbocycles. The van der Waals surface area contributed by atoms with Gasteiger partial charge in [0.2, 0.25) is 0 Å². The first-order chi connectivity index (χ1) is 8.28. The minimum absolute atomic E-state index is 0.222. The largest absolute Gasteiger partial charge is 0.387 e. The molecule has 2 heterocycles. The van der Waals surface area contributed by atoms with E-state index in [1.807, 2.05) is 18.3 Å². The number of hydrogen-bond donors (Lipinski definition) is 2. The van der Waals surface area contributed by atoms with Gasteiger partial charge in [-0.3, -0.25) is 0 Å². The van der Waals surface area contributed by atoms with Gasteiger partial charge in [-0.25, -0.2) is 9.50 Å². The monoisotopic (exact) mass is 232 g/mol. The van der Waals surface area contributed by atoms with Gasteiger partial charge in [0.15, 0.2) is 11.5 Å². The fraction of sp³-hybridized carbons (Fsp3) is 0.500. The fourth-order valence-corrected chi connectivity index (χ4v) is 2.10. The van der Waals surface area contributed by atoms with Crippen molar-refractivity contribution in [3.63, 3.8) is 0 Å². The summed E-state index contributed by atoms with van der Waals surface area (Å²) in [6, 6.07) is 3.69. The van der Waals surface area contributed by atoms with Crippen LogP contribution >= 0.6 is 0 Å². The van der Waals surface area contributed by atoms with E-state index in [9.17, 15) is 5.11 Å². The van der Waals surface area contributed by atoms with E-state index >= 15 is 0 Å². The highest BCUT2D eigenvalue weighted by atomic mass is 16.3. The standard InChI is InChI=1S/C12H16N4O/c13-7-10(17)9-4-5-16-11(6-9)14-12(15-16)8-2-1-3-8/h4-6,8,10,17H,1-3,7,13H2. The molecule has 1 aliphatic carbocycles. The summed E-state index contributed by atoms with van der Waals surface area (Å²) in [5.74, 6) is 1.45. The molecule has 1 unspecified atom stereocenters. The molecule has 90 valence electrons. The van der Waals surface area contributed by atoms with Crippen molar-refractivity contribution >= 4 is 5.65 Å². The van der Waals surface area contributed by atoms with Crippen LogP contribution in [0.15, 0.2) is 18.3 Å². The van der Waals surface area contributed by atoms with Crippen molar-refractivity contribution in [3.05, 3.63) is 29.7 Å². The van der Waals surface area contributed by atoms with Crippen LogP contribution in [-0.2, 0) is 0 Å². The molecule has 5 heteroatoms. The van der Waals surface area contributed by atoms with Crippen molar-refractivity contribution in [1.82, 2.24) is 14.6 Å². The van der Waals surface area contributed by atoms with Crippen LogP contribution in [0.2, 0.25) is 0 Å². The van der Waals surface area contributed by atoms with Gasteiger partial charge in [-0.15, -0.1) is 0 Å². The summed E-state index contributed by atoms with van der Waals surface area (Å²) in [4.78, 5) is 4.51. The van der Waals surface area contributed by atoms with Gasteiger partial charge in [0.1, 0.15) is 0 Å². The summed E-state index contributed by atoms with van der Waals surface area (Å²) >= 11 is 0. The maximum Gasteiger partial charge on any atom is 0.155 e. The van der Waals surface area contributed by atoms with E-state index in [2.05, 4.69) is 10.1 Å². The van der Waals surface area contributed by atoms with Crippen LogP contribution in [0, 0.1) is 0 Å². The van der Waals surface area contributed by atoms with Crippen LogP contribution in [0.4, 0.5) is 0 Å². The molecule has 0 aliphatic heterocycles. The molecular formula is C12H16N4O. The molecule has 0 radical (unpaired) electrons. The quantitative estimate of drug-likeness (QED) is 0.827. The molecule has 0 bridgehead atoms. The Bertz CT molecular complexity index is 530. The lowest BCUT2D eigenvalue weighted by molar-refractivity contribution is 0.186. The fourth-order valence-electron chi connectivity index (χ4n) is 2.10. The first-order valence-corrected chi connectivity index (χ1v) is 6.02. The highest BCUT2D eigenvalue weighted by Gasteiger charge is 2.23. The van der Waals surface area contributed by atoms with Crippen LogP contribution in [0.25, 0.3) is 5.65 Å². The van der Waals surface area contributed by atoms with E-state index in [1.54, 1.807) is 4.52 Å². The first kappa shape index (κ1) is 10.7. The van der Waals surface area contributed by atoms with Crippen molar-refractivity contribution in [3.8, 4) is 0 Å². The summed E-state index contributed by atoms with van der Waals surface area (Å²) in [6.45, 7) is 0.222. The van der Waals surface area contributed by atoms with Crippen molar-refractivity contribution in [2.24, 2.45) is 5.73 Å². The molecule has 0 spiro atoms. The Hall–Kier alpha value is -1.46. The highest BCUT2D eigenvalue weighted by molar-refractivity contribution is 5.41. The van der Waals surface area contributed by atoms with E-state index in [0.29, 0.717) is 5.92 Å². The maximum atomic E-state index is 9.68. The Labute approximate surface area is 99.3 Å². The van der Waals surface area contributed by atoms with Gasteiger partial charge in [0.05, 0.1) is 6.10 Å². The Morgan fingerprint density at radius 3 is 3.00 bits per heavy atom. The summed E-state index contributed by atoms with van der Waals surface area (Å²) < 4.78 is 1.76. The van der Waals surface area contributed by atoms with Gasteiger partial charge in [0.25, 0.3) is 0 Å². The average Bonchev–Trinajstić information content (AvgIpc) is 2.67. The molecule has 1 atom stereocenters. The van der Waals surface area contributed by atoms with Crippen molar-refractivity contribution in [2.75, 3.05) is 6.54 Å². The molecule has 1 aliphatic rings. The molecule has 5 nitrogen and oxygen atoms in total. The molecule has 1 fully saturated rings. The van der Waals surface area contributed by atoms with Gasteiger partial charge in [0, 0.05) is 18.7 Å². The molecule has 3 N–H and O–H groups in total. The Morgan fingerprint density at radius 1 is 1.53 bits per heavy atom. The zero-order valence-corrected chi connectivity index (χ0v) is 9.58. The van der Waals surface area contributed by atoms with E-state index in [-0.39, 0.29) is 6.54 Å². The molecule has 2 aromatic rings. The number of aromatic nitrogens is 3. The SMILES string of the molecule is NCC(O)c1ccn2nc(C3CCC3)nc2c1. The minimum Gasteiger partial charge on any atom is -0.387 e. The number of nitrogens with zero attached hydrogens (tertiary/aromatic N) is 3.